The van der Waals surface area contributed by atoms with Crippen LogP contribution < -0.4 is 19.1 Å². The first-order valence-electron chi connectivity index (χ1n) is 8.58. The molecule has 3 rings (SSSR count). The Morgan fingerprint density at radius 2 is 2.04 bits per heavy atom. The minimum Gasteiger partial charge on any atom is -0.496 e. The molecule has 150 valence electrons. The predicted octanol–water partition coefficient (Wildman–Crippen LogP) is 2.75. The largest absolute Gasteiger partial charge is 0.496 e. The summed E-state index contributed by atoms with van der Waals surface area (Å²) < 4.78 is 36.7. The van der Waals surface area contributed by atoms with Crippen LogP contribution in [-0.4, -0.2) is 40.3 Å². The van der Waals surface area contributed by atoms with E-state index in [4.69, 9.17) is 21.1 Å². The van der Waals surface area contributed by atoms with Gasteiger partial charge in [0.15, 0.2) is 6.10 Å². The summed E-state index contributed by atoms with van der Waals surface area (Å²) in [5.41, 5.74) is 1.12. The Hall–Kier alpha value is -2.45. The van der Waals surface area contributed by atoms with Crippen LogP contribution >= 0.6 is 11.6 Å². The van der Waals surface area contributed by atoms with Gasteiger partial charge < -0.3 is 14.8 Å². The van der Waals surface area contributed by atoms with Crippen molar-refractivity contribution in [1.82, 2.24) is 5.32 Å². The molecule has 0 aliphatic carbocycles. The third kappa shape index (κ3) is 4.18. The molecule has 0 radical (unpaired) electrons. The van der Waals surface area contributed by atoms with Gasteiger partial charge in [0.2, 0.25) is 10.0 Å². The van der Waals surface area contributed by atoms with E-state index in [0.29, 0.717) is 16.5 Å². The van der Waals surface area contributed by atoms with E-state index in [1.165, 1.54) is 6.07 Å². The molecule has 0 saturated heterocycles. The van der Waals surface area contributed by atoms with Crippen molar-refractivity contribution in [3.63, 3.8) is 0 Å². The molecule has 1 aliphatic heterocycles. The number of hydrogen-bond donors (Lipinski definition) is 1. The lowest BCUT2D eigenvalue weighted by atomic mass is 10.1. The van der Waals surface area contributed by atoms with Crippen molar-refractivity contribution in [1.29, 1.82) is 0 Å². The van der Waals surface area contributed by atoms with Gasteiger partial charge in [-0.2, -0.15) is 0 Å². The van der Waals surface area contributed by atoms with E-state index >= 15 is 0 Å². The van der Waals surface area contributed by atoms with Crippen molar-refractivity contribution in [3.8, 4) is 11.5 Å². The highest BCUT2D eigenvalue weighted by atomic mass is 35.5. The summed E-state index contributed by atoms with van der Waals surface area (Å²) in [6.45, 7) is 1.68. The monoisotopic (exact) mass is 424 g/mol. The maximum absolute atomic E-state index is 12.8. The Bertz CT molecular complexity index is 996. The van der Waals surface area contributed by atoms with Crippen LogP contribution in [-0.2, 0) is 14.8 Å². The molecule has 1 aliphatic rings. The number of amides is 1. The molecule has 7 nitrogen and oxygen atoms in total. The third-order valence-corrected chi connectivity index (χ3v) is 5.83. The molecule has 28 heavy (non-hydrogen) atoms. The van der Waals surface area contributed by atoms with Gasteiger partial charge in [-0.15, -0.1) is 0 Å². The summed E-state index contributed by atoms with van der Waals surface area (Å²) >= 11 is 5.99. The number of fused-ring (bicyclic) bond motifs is 1. The minimum absolute atomic E-state index is 0.142. The molecular formula is C19H21ClN2O5S. The van der Waals surface area contributed by atoms with Crippen molar-refractivity contribution in [2.75, 3.05) is 24.2 Å². The van der Waals surface area contributed by atoms with Crippen molar-refractivity contribution < 1.29 is 22.7 Å². The maximum atomic E-state index is 12.8. The Labute approximate surface area is 169 Å². The first kappa shape index (κ1) is 20.3. The normalized spacial score (nSPS) is 17.3. The van der Waals surface area contributed by atoms with Crippen molar-refractivity contribution >= 4 is 33.2 Å². The molecule has 1 heterocycles. The third-order valence-electron chi connectivity index (χ3n) is 4.45. The summed E-state index contributed by atoms with van der Waals surface area (Å²) in [4.78, 5) is 12.8. The van der Waals surface area contributed by atoms with E-state index in [1.807, 2.05) is 25.1 Å². The zero-order valence-electron chi connectivity index (χ0n) is 15.7. The number of carbonyl (C=O) groups is 1. The number of methoxy groups -OCH3 is 1. The number of rotatable bonds is 5. The number of carbonyl (C=O) groups excluding carboxylic acids is 1. The molecule has 2 aromatic carbocycles. The average molecular weight is 425 g/mol. The number of halogens is 1. The smallest absolute Gasteiger partial charge is 0.263 e. The molecule has 9 heteroatoms. The van der Waals surface area contributed by atoms with E-state index in [-0.39, 0.29) is 18.3 Å². The lowest BCUT2D eigenvalue weighted by molar-refractivity contribution is -0.128. The molecule has 0 aromatic heterocycles. The first-order valence-corrected chi connectivity index (χ1v) is 10.8. The lowest BCUT2D eigenvalue weighted by Gasteiger charge is -2.34. The number of nitrogens with one attached hydrogen (secondary N) is 1. The summed E-state index contributed by atoms with van der Waals surface area (Å²) in [5, 5.41) is 3.24. The second-order valence-electron chi connectivity index (χ2n) is 6.48. The number of para-hydroxylation sites is 1. The van der Waals surface area contributed by atoms with E-state index in [1.54, 1.807) is 25.3 Å². The zero-order valence-corrected chi connectivity index (χ0v) is 17.3. The van der Waals surface area contributed by atoms with Gasteiger partial charge in [0.05, 0.1) is 31.6 Å². The second kappa shape index (κ2) is 7.89. The van der Waals surface area contributed by atoms with Gasteiger partial charge in [-0.05, 0) is 31.2 Å². The molecule has 2 atom stereocenters. The maximum Gasteiger partial charge on any atom is 0.263 e. The van der Waals surface area contributed by atoms with Crippen LogP contribution in [0.3, 0.4) is 0 Å². The first-order chi connectivity index (χ1) is 13.2. The SMILES string of the molecule is COc1ccccc1C(C)NC(=O)C1CN(S(C)(=O)=O)c2cc(Cl)ccc2O1. The van der Waals surface area contributed by atoms with Crippen LogP contribution in [0.25, 0.3) is 0 Å². The molecular weight excluding hydrogens is 404 g/mol. The Balaban J connectivity index is 1.84. The molecule has 0 fully saturated rings. The number of sulfonamides is 1. The van der Waals surface area contributed by atoms with Crippen molar-refractivity contribution in [2.24, 2.45) is 0 Å². The number of nitrogens with zero attached hydrogens (tertiary/aromatic N) is 1. The molecule has 0 spiro atoms. The molecule has 0 saturated carbocycles. The van der Waals surface area contributed by atoms with E-state index in [0.717, 1.165) is 16.1 Å². The van der Waals surface area contributed by atoms with Crippen molar-refractivity contribution in [2.45, 2.75) is 19.1 Å². The minimum atomic E-state index is -3.62. The van der Waals surface area contributed by atoms with Gasteiger partial charge in [-0.3, -0.25) is 9.10 Å². The average Bonchev–Trinajstić information content (AvgIpc) is 2.66. The second-order valence-corrected chi connectivity index (χ2v) is 8.83. The molecule has 0 bridgehead atoms. The summed E-state index contributed by atoms with van der Waals surface area (Å²) in [6.07, 6.45) is 0.0793. The molecule has 2 unspecified atom stereocenters. The Kier molecular flexibility index (Phi) is 5.71. The van der Waals surface area contributed by atoms with Gasteiger partial charge in [-0.1, -0.05) is 29.8 Å². The standard InChI is InChI=1S/C19H21ClN2O5S/c1-12(14-6-4-5-7-16(14)26-2)21-19(23)18-11-22(28(3,24)25)15-10-13(20)8-9-17(15)27-18/h4-10,12,18H,11H2,1-3H3,(H,21,23). The van der Waals surface area contributed by atoms with Crippen molar-refractivity contribution in [3.05, 3.63) is 53.1 Å². The van der Waals surface area contributed by atoms with E-state index in [9.17, 15) is 13.2 Å². The quantitative estimate of drug-likeness (QED) is 0.797. The topological polar surface area (TPSA) is 84.9 Å². The fourth-order valence-corrected chi connectivity index (χ4v) is 4.16. The summed E-state index contributed by atoms with van der Waals surface area (Å²) in [7, 11) is -2.06. The predicted molar refractivity (Wildman–Crippen MR) is 108 cm³/mol. The highest BCUT2D eigenvalue weighted by Crippen LogP contribution is 2.37. The van der Waals surface area contributed by atoms with Crippen LogP contribution in [0.4, 0.5) is 5.69 Å². The van der Waals surface area contributed by atoms with Crippen LogP contribution in [0.15, 0.2) is 42.5 Å². The van der Waals surface area contributed by atoms with Gasteiger partial charge >= 0.3 is 0 Å². The number of hydrogen-bond acceptors (Lipinski definition) is 5. The van der Waals surface area contributed by atoms with E-state index in [2.05, 4.69) is 5.32 Å². The van der Waals surface area contributed by atoms with Gasteiger partial charge in [0.25, 0.3) is 5.91 Å². The highest BCUT2D eigenvalue weighted by Gasteiger charge is 2.35. The Morgan fingerprint density at radius 1 is 1.32 bits per heavy atom. The summed E-state index contributed by atoms with van der Waals surface area (Å²) in [5.74, 6) is 0.511. The van der Waals surface area contributed by atoms with Crippen LogP contribution in [0, 0.1) is 0 Å². The molecule has 1 amide bonds. The highest BCUT2D eigenvalue weighted by molar-refractivity contribution is 7.92. The van der Waals surface area contributed by atoms with Crippen LogP contribution in [0.5, 0.6) is 11.5 Å². The number of ether oxygens (including phenoxy) is 2. The molecule has 2 aromatic rings. The van der Waals surface area contributed by atoms with Gasteiger partial charge in [0, 0.05) is 10.6 Å². The van der Waals surface area contributed by atoms with Crippen LogP contribution in [0.1, 0.15) is 18.5 Å². The summed E-state index contributed by atoms with van der Waals surface area (Å²) in [6, 6.07) is 11.6. The Morgan fingerprint density at radius 3 is 2.71 bits per heavy atom. The zero-order chi connectivity index (χ0) is 20.5. The fraction of sp³-hybridized carbons (Fsp3) is 0.316. The number of anilines is 1. The fourth-order valence-electron chi connectivity index (χ4n) is 3.08. The van der Waals surface area contributed by atoms with Crippen LogP contribution in [0.2, 0.25) is 5.02 Å². The molecule has 1 N–H and O–H groups in total. The number of benzene rings is 2. The van der Waals surface area contributed by atoms with Gasteiger partial charge in [-0.25, -0.2) is 8.42 Å². The van der Waals surface area contributed by atoms with Gasteiger partial charge in [0.1, 0.15) is 11.5 Å². The van der Waals surface area contributed by atoms with E-state index < -0.39 is 22.0 Å². The lowest BCUT2D eigenvalue weighted by Crippen LogP contribution is -2.50.